The lowest BCUT2D eigenvalue weighted by Crippen LogP contribution is -2.36. The van der Waals surface area contributed by atoms with Gasteiger partial charge in [-0.25, -0.2) is 0 Å². The van der Waals surface area contributed by atoms with Crippen LogP contribution in [0.3, 0.4) is 0 Å². The van der Waals surface area contributed by atoms with Gasteiger partial charge in [-0.15, -0.1) is 4.72 Å². The van der Waals surface area contributed by atoms with Crippen molar-refractivity contribution in [3.05, 3.63) is 120 Å². The standard InChI is InChI=1S/C28H25NO3S/c1-30-24-14-12-21(13-15-24)18-19-29-33-25-16-17-26-27(20-25)32-28(31-26,22-8-4-2-5-9-22)23-10-6-3-7-11-23/h2-17,20,29H,18-19H2,1H3/p+1. The Kier molecular flexibility index (Phi) is 6.24. The van der Waals surface area contributed by atoms with Crippen molar-refractivity contribution in [3.8, 4) is 17.2 Å². The van der Waals surface area contributed by atoms with Crippen molar-refractivity contribution in [1.82, 2.24) is 4.72 Å². The highest BCUT2D eigenvalue weighted by Crippen LogP contribution is 2.47. The van der Waals surface area contributed by atoms with E-state index < -0.39 is 5.79 Å². The molecule has 0 atom stereocenters. The molecule has 4 aromatic carbocycles. The Bertz CT molecular complexity index is 1160. The summed E-state index contributed by atoms with van der Waals surface area (Å²) in [5.74, 6) is 1.40. The van der Waals surface area contributed by atoms with Crippen molar-refractivity contribution in [2.24, 2.45) is 0 Å². The fourth-order valence-electron chi connectivity index (χ4n) is 3.92. The maximum Gasteiger partial charge on any atom is 0.305 e. The molecule has 1 aliphatic rings. The van der Waals surface area contributed by atoms with Gasteiger partial charge in [0, 0.05) is 23.7 Å². The summed E-state index contributed by atoms with van der Waals surface area (Å²) in [7, 11) is 1.69. The molecule has 1 aliphatic heterocycles. The molecule has 166 valence electrons. The SMILES string of the molecule is COc1ccc(CCN[SH+]c2ccc3c(c2)OC(c2ccccc2)(c2ccccc2)O3)cc1. The van der Waals surface area contributed by atoms with Gasteiger partial charge in [0.25, 0.3) is 0 Å². The maximum absolute atomic E-state index is 6.54. The summed E-state index contributed by atoms with van der Waals surface area (Å²) in [6.07, 6.45) is 0.951. The van der Waals surface area contributed by atoms with Gasteiger partial charge in [0.15, 0.2) is 16.4 Å². The van der Waals surface area contributed by atoms with Crippen LogP contribution in [0.25, 0.3) is 0 Å². The number of fused-ring (bicyclic) bond motifs is 1. The molecular formula is C28H26NO3S+. The van der Waals surface area contributed by atoms with E-state index in [9.17, 15) is 0 Å². The van der Waals surface area contributed by atoms with Crippen LogP contribution in [0.2, 0.25) is 0 Å². The topological polar surface area (TPSA) is 39.7 Å². The van der Waals surface area contributed by atoms with Gasteiger partial charge < -0.3 is 14.2 Å². The Morgan fingerprint density at radius 2 is 1.39 bits per heavy atom. The van der Waals surface area contributed by atoms with Crippen LogP contribution in [0, 0.1) is 0 Å². The fourth-order valence-corrected chi connectivity index (χ4v) is 4.66. The predicted molar refractivity (Wildman–Crippen MR) is 133 cm³/mol. The van der Waals surface area contributed by atoms with Crippen molar-refractivity contribution in [2.45, 2.75) is 17.1 Å². The second-order valence-corrected chi connectivity index (χ2v) is 8.86. The molecule has 0 amide bonds. The third kappa shape index (κ3) is 4.56. The molecule has 4 aromatic rings. The molecule has 0 saturated carbocycles. The number of ether oxygens (including phenoxy) is 3. The molecule has 5 heteroatoms. The van der Waals surface area contributed by atoms with E-state index in [4.69, 9.17) is 14.2 Å². The minimum Gasteiger partial charge on any atom is -0.497 e. The highest BCUT2D eigenvalue weighted by Gasteiger charge is 2.45. The molecule has 0 unspecified atom stereocenters. The van der Waals surface area contributed by atoms with Crippen molar-refractivity contribution in [3.63, 3.8) is 0 Å². The molecule has 4 nitrogen and oxygen atoms in total. The first-order valence-corrected chi connectivity index (χ1v) is 11.9. The second-order valence-electron chi connectivity index (χ2n) is 7.80. The van der Waals surface area contributed by atoms with Gasteiger partial charge in [0.1, 0.15) is 5.75 Å². The van der Waals surface area contributed by atoms with Crippen molar-refractivity contribution < 1.29 is 14.2 Å². The predicted octanol–water partition coefficient (Wildman–Crippen LogP) is 5.29. The largest absolute Gasteiger partial charge is 0.497 e. The average Bonchev–Trinajstić information content (AvgIpc) is 3.28. The van der Waals surface area contributed by atoms with E-state index in [1.165, 1.54) is 5.56 Å². The number of hydrogen-bond acceptors (Lipinski definition) is 4. The van der Waals surface area contributed by atoms with Gasteiger partial charge in [-0.2, -0.15) is 0 Å². The van der Waals surface area contributed by atoms with Crippen LogP contribution in [-0.4, -0.2) is 13.7 Å². The quantitative estimate of drug-likeness (QED) is 0.222. The van der Waals surface area contributed by atoms with E-state index >= 15 is 0 Å². The summed E-state index contributed by atoms with van der Waals surface area (Å²) < 4.78 is 21.7. The molecule has 0 radical (unpaired) electrons. The molecule has 0 aromatic heterocycles. The Hall–Kier alpha value is -3.41. The Balaban J connectivity index is 1.28. The average molecular weight is 457 g/mol. The van der Waals surface area contributed by atoms with Gasteiger partial charge in [0.05, 0.1) is 19.1 Å². The van der Waals surface area contributed by atoms with Crippen LogP contribution < -0.4 is 18.9 Å². The van der Waals surface area contributed by atoms with E-state index in [1.807, 2.05) is 78.9 Å². The first-order valence-electron chi connectivity index (χ1n) is 11.0. The fraction of sp³-hybridized carbons (Fsp3) is 0.143. The summed E-state index contributed by atoms with van der Waals surface area (Å²) in [4.78, 5) is 1.13. The van der Waals surface area contributed by atoms with Crippen LogP contribution in [0.5, 0.6) is 17.2 Å². The maximum atomic E-state index is 6.54. The monoisotopic (exact) mass is 456 g/mol. The van der Waals surface area contributed by atoms with Crippen LogP contribution in [-0.2, 0) is 24.2 Å². The van der Waals surface area contributed by atoms with Crippen LogP contribution in [0.4, 0.5) is 0 Å². The van der Waals surface area contributed by atoms with E-state index in [0.29, 0.717) is 0 Å². The van der Waals surface area contributed by atoms with Crippen molar-refractivity contribution >= 4 is 11.9 Å². The summed E-state index contributed by atoms with van der Waals surface area (Å²) in [5.41, 5.74) is 3.20. The summed E-state index contributed by atoms with van der Waals surface area (Å²) in [5, 5.41) is 0. The molecule has 1 N–H and O–H groups in total. The lowest BCUT2D eigenvalue weighted by Gasteiger charge is -2.28. The molecule has 33 heavy (non-hydrogen) atoms. The zero-order valence-corrected chi connectivity index (χ0v) is 19.3. The molecular weight excluding hydrogens is 430 g/mol. The van der Waals surface area contributed by atoms with E-state index in [1.54, 1.807) is 7.11 Å². The highest BCUT2D eigenvalue weighted by molar-refractivity contribution is 7.76. The molecule has 1 heterocycles. The molecule has 0 fully saturated rings. The Morgan fingerprint density at radius 3 is 2.03 bits per heavy atom. The van der Waals surface area contributed by atoms with E-state index in [0.717, 1.165) is 58.2 Å². The van der Waals surface area contributed by atoms with Gasteiger partial charge in [-0.05, 0) is 36.2 Å². The van der Waals surface area contributed by atoms with Gasteiger partial charge in [-0.1, -0.05) is 72.8 Å². The molecule has 0 saturated heterocycles. The first-order chi connectivity index (χ1) is 16.3. The molecule has 0 spiro atoms. The third-order valence-electron chi connectivity index (χ3n) is 5.64. The highest BCUT2D eigenvalue weighted by atomic mass is 32.2. The molecule has 5 rings (SSSR count). The number of methoxy groups -OCH3 is 1. The van der Waals surface area contributed by atoms with Gasteiger partial charge in [0.2, 0.25) is 0 Å². The zero-order valence-electron chi connectivity index (χ0n) is 18.4. The number of thiol groups is 1. The van der Waals surface area contributed by atoms with Gasteiger partial charge in [-0.3, -0.25) is 0 Å². The lowest BCUT2D eigenvalue weighted by atomic mass is 9.97. The molecule has 0 bridgehead atoms. The van der Waals surface area contributed by atoms with E-state index in [2.05, 4.69) is 29.0 Å². The number of rotatable bonds is 8. The normalized spacial score (nSPS) is 13.6. The first kappa shape index (κ1) is 21.4. The van der Waals surface area contributed by atoms with Crippen molar-refractivity contribution in [2.75, 3.05) is 13.7 Å². The minimum atomic E-state index is -0.984. The molecule has 0 aliphatic carbocycles. The third-order valence-corrected chi connectivity index (χ3v) is 6.55. The van der Waals surface area contributed by atoms with Crippen molar-refractivity contribution in [1.29, 1.82) is 0 Å². The lowest BCUT2D eigenvalue weighted by molar-refractivity contribution is -0.0459. The summed E-state index contributed by atoms with van der Waals surface area (Å²) in [6.45, 7) is 0.875. The second kappa shape index (κ2) is 9.61. The van der Waals surface area contributed by atoms with E-state index in [-0.39, 0.29) is 0 Å². The Labute approximate surface area is 198 Å². The minimum absolute atomic E-state index is 0.750. The van der Waals surface area contributed by atoms with Crippen LogP contribution >= 0.6 is 0 Å². The zero-order chi connectivity index (χ0) is 22.5. The van der Waals surface area contributed by atoms with Crippen LogP contribution in [0.1, 0.15) is 16.7 Å². The van der Waals surface area contributed by atoms with Gasteiger partial charge >= 0.3 is 5.79 Å². The smallest absolute Gasteiger partial charge is 0.305 e. The number of nitrogens with one attached hydrogen (secondary N) is 1. The van der Waals surface area contributed by atoms with Crippen LogP contribution in [0.15, 0.2) is 108 Å². The summed E-state index contributed by atoms with van der Waals surface area (Å²) in [6, 6.07) is 34.5. The summed E-state index contributed by atoms with van der Waals surface area (Å²) >= 11 is 1.04. The Morgan fingerprint density at radius 1 is 0.758 bits per heavy atom. The number of benzene rings is 4. The number of hydrogen-bond donors (Lipinski definition) is 1.